The lowest BCUT2D eigenvalue weighted by Crippen LogP contribution is -2.33. The molecule has 0 spiro atoms. The number of amides is 1. The number of benzene rings is 2. The highest BCUT2D eigenvalue weighted by atomic mass is 32.2. The molecule has 0 unspecified atom stereocenters. The lowest BCUT2D eigenvalue weighted by molar-refractivity contribution is -0.121. The van der Waals surface area contributed by atoms with E-state index in [4.69, 9.17) is 4.74 Å². The summed E-state index contributed by atoms with van der Waals surface area (Å²) in [6, 6.07) is 12.8. The molecule has 1 atom stereocenters. The molecule has 0 bridgehead atoms. The maximum absolute atomic E-state index is 14.0. The van der Waals surface area contributed by atoms with Gasteiger partial charge in [-0.3, -0.25) is 9.10 Å². The first-order chi connectivity index (χ1) is 13.2. The minimum absolute atomic E-state index is 0.0167. The van der Waals surface area contributed by atoms with E-state index in [1.165, 1.54) is 18.2 Å². The van der Waals surface area contributed by atoms with Crippen LogP contribution in [0.4, 0.5) is 10.1 Å². The van der Waals surface area contributed by atoms with Gasteiger partial charge in [-0.05, 0) is 43.2 Å². The highest BCUT2D eigenvalue weighted by Gasteiger charge is 2.20. The fourth-order valence-corrected chi connectivity index (χ4v) is 3.76. The number of nitrogens with zero attached hydrogens (tertiary/aromatic N) is 1. The molecule has 0 saturated heterocycles. The molecule has 8 heteroatoms. The molecule has 0 aliphatic rings. The van der Waals surface area contributed by atoms with Crippen LogP contribution < -0.4 is 14.4 Å². The third kappa shape index (κ3) is 5.95. The Balaban J connectivity index is 1.92. The molecule has 0 saturated carbocycles. The van der Waals surface area contributed by atoms with E-state index in [1.54, 1.807) is 13.2 Å². The third-order valence-electron chi connectivity index (χ3n) is 4.28. The molecule has 1 N–H and O–H groups in total. The van der Waals surface area contributed by atoms with Crippen LogP contribution in [0.15, 0.2) is 48.5 Å². The largest absolute Gasteiger partial charge is 0.497 e. The highest BCUT2D eigenvalue weighted by molar-refractivity contribution is 7.92. The number of carbonyl (C=O) groups is 1. The van der Waals surface area contributed by atoms with Crippen molar-refractivity contribution < 1.29 is 22.3 Å². The number of anilines is 1. The fourth-order valence-electron chi connectivity index (χ4n) is 2.79. The number of carbonyl (C=O) groups excluding carboxylic acids is 1. The van der Waals surface area contributed by atoms with Crippen LogP contribution in [0.1, 0.15) is 31.4 Å². The number of methoxy groups -OCH3 is 1. The van der Waals surface area contributed by atoms with Gasteiger partial charge in [0.15, 0.2) is 0 Å². The predicted molar refractivity (Wildman–Crippen MR) is 107 cm³/mol. The summed E-state index contributed by atoms with van der Waals surface area (Å²) in [6.45, 7) is 1.88. The molecular weight excluding hydrogens is 383 g/mol. The van der Waals surface area contributed by atoms with Gasteiger partial charge in [0.2, 0.25) is 15.9 Å². The molecule has 28 heavy (non-hydrogen) atoms. The summed E-state index contributed by atoms with van der Waals surface area (Å²) in [5.41, 5.74) is 0.912. The summed E-state index contributed by atoms with van der Waals surface area (Å²) in [5.74, 6) is -0.0907. The van der Waals surface area contributed by atoms with Gasteiger partial charge in [0, 0.05) is 13.0 Å². The van der Waals surface area contributed by atoms with E-state index in [-0.39, 0.29) is 37.0 Å². The summed E-state index contributed by atoms with van der Waals surface area (Å²) in [7, 11) is -2.08. The summed E-state index contributed by atoms with van der Waals surface area (Å²) in [6.07, 6.45) is 1.41. The van der Waals surface area contributed by atoms with Gasteiger partial charge >= 0.3 is 0 Å². The molecule has 0 heterocycles. The smallest absolute Gasteiger partial charge is 0.232 e. The Hall–Kier alpha value is -2.61. The van der Waals surface area contributed by atoms with Crippen molar-refractivity contribution in [2.24, 2.45) is 0 Å². The number of nitrogens with one attached hydrogen (secondary N) is 1. The molecule has 2 aromatic carbocycles. The van der Waals surface area contributed by atoms with E-state index >= 15 is 0 Å². The zero-order chi connectivity index (χ0) is 20.7. The van der Waals surface area contributed by atoms with E-state index < -0.39 is 15.8 Å². The van der Waals surface area contributed by atoms with Gasteiger partial charge in [-0.15, -0.1) is 0 Å². The van der Waals surface area contributed by atoms with Crippen molar-refractivity contribution in [2.75, 3.05) is 24.2 Å². The van der Waals surface area contributed by atoms with Crippen LogP contribution >= 0.6 is 0 Å². The standard InChI is InChI=1S/C20H25FN2O4S/c1-15(16-10-12-17(27-2)13-11-16)22-20(24)9-6-14-23(28(3,25)26)19-8-5-4-7-18(19)21/h4-5,7-8,10-13,15H,6,9,14H2,1-3H3,(H,22,24)/t15-/m1/s1. The maximum Gasteiger partial charge on any atom is 0.232 e. The van der Waals surface area contributed by atoms with Gasteiger partial charge in [-0.2, -0.15) is 0 Å². The Morgan fingerprint density at radius 1 is 1.18 bits per heavy atom. The van der Waals surface area contributed by atoms with Crippen LogP contribution in [0.2, 0.25) is 0 Å². The second kappa shape index (κ2) is 9.54. The molecule has 0 aliphatic carbocycles. The van der Waals surface area contributed by atoms with Crippen molar-refractivity contribution in [3.63, 3.8) is 0 Å². The van der Waals surface area contributed by atoms with Crippen LogP contribution in [-0.2, 0) is 14.8 Å². The number of rotatable bonds is 9. The van der Waals surface area contributed by atoms with Crippen LogP contribution in [0.3, 0.4) is 0 Å². The van der Waals surface area contributed by atoms with Crippen molar-refractivity contribution in [2.45, 2.75) is 25.8 Å². The first-order valence-corrected chi connectivity index (χ1v) is 10.7. The van der Waals surface area contributed by atoms with Gasteiger partial charge in [0.1, 0.15) is 11.6 Å². The van der Waals surface area contributed by atoms with E-state index in [1.807, 2.05) is 31.2 Å². The fraction of sp³-hybridized carbons (Fsp3) is 0.350. The minimum Gasteiger partial charge on any atom is -0.497 e. The number of hydrogen-bond acceptors (Lipinski definition) is 4. The Bertz CT molecular complexity index is 901. The molecule has 1 amide bonds. The molecular formula is C20H25FN2O4S. The number of para-hydroxylation sites is 1. The van der Waals surface area contributed by atoms with Crippen molar-refractivity contribution >= 4 is 21.6 Å². The molecule has 152 valence electrons. The SMILES string of the molecule is COc1ccc([C@@H](C)NC(=O)CCCN(c2ccccc2F)S(C)(=O)=O)cc1. The summed E-state index contributed by atoms with van der Waals surface area (Å²) >= 11 is 0. The Kier molecular flexibility index (Phi) is 7.39. The topological polar surface area (TPSA) is 75.7 Å². The van der Waals surface area contributed by atoms with Gasteiger partial charge in [-0.1, -0.05) is 24.3 Å². The number of hydrogen-bond donors (Lipinski definition) is 1. The molecule has 6 nitrogen and oxygen atoms in total. The summed E-state index contributed by atoms with van der Waals surface area (Å²) in [5, 5.41) is 2.88. The van der Waals surface area contributed by atoms with Crippen LogP contribution in [-0.4, -0.2) is 34.2 Å². The highest BCUT2D eigenvalue weighted by Crippen LogP contribution is 2.22. The van der Waals surface area contributed by atoms with Gasteiger partial charge in [-0.25, -0.2) is 12.8 Å². The summed E-state index contributed by atoms with van der Waals surface area (Å²) < 4.78 is 44.1. The van der Waals surface area contributed by atoms with E-state index in [0.717, 1.165) is 21.9 Å². The quantitative estimate of drug-likeness (QED) is 0.691. The number of halogens is 1. The van der Waals surface area contributed by atoms with E-state index in [9.17, 15) is 17.6 Å². The molecule has 0 radical (unpaired) electrons. The van der Waals surface area contributed by atoms with Crippen molar-refractivity contribution in [1.29, 1.82) is 0 Å². The molecule has 0 aliphatic heterocycles. The Labute approximate surface area is 165 Å². The van der Waals surface area contributed by atoms with Crippen molar-refractivity contribution in [3.8, 4) is 5.75 Å². The lowest BCUT2D eigenvalue weighted by Gasteiger charge is -2.23. The second-order valence-corrected chi connectivity index (χ2v) is 8.36. The molecule has 0 fully saturated rings. The van der Waals surface area contributed by atoms with E-state index in [2.05, 4.69) is 5.32 Å². The van der Waals surface area contributed by atoms with Crippen LogP contribution in [0.25, 0.3) is 0 Å². The summed E-state index contributed by atoms with van der Waals surface area (Å²) in [4.78, 5) is 12.2. The average Bonchev–Trinajstić information content (AvgIpc) is 2.65. The number of ether oxygens (including phenoxy) is 1. The predicted octanol–water partition coefficient (Wildman–Crippen LogP) is 3.26. The van der Waals surface area contributed by atoms with Gasteiger partial charge in [0.25, 0.3) is 0 Å². The van der Waals surface area contributed by atoms with Crippen LogP contribution in [0.5, 0.6) is 5.75 Å². The first kappa shape index (κ1) is 21.7. The molecule has 2 aromatic rings. The maximum atomic E-state index is 14.0. The van der Waals surface area contributed by atoms with Crippen molar-refractivity contribution in [1.82, 2.24) is 5.32 Å². The Morgan fingerprint density at radius 2 is 1.82 bits per heavy atom. The zero-order valence-corrected chi connectivity index (χ0v) is 17.0. The first-order valence-electron chi connectivity index (χ1n) is 8.88. The zero-order valence-electron chi connectivity index (χ0n) is 16.2. The molecule has 2 rings (SSSR count). The van der Waals surface area contributed by atoms with E-state index in [0.29, 0.717) is 0 Å². The van der Waals surface area contributed by atoms with Gasteiger partial charge in [0.05, 0.1) is 25.1 Å². The number of sulfonamides is 1. The lowest BCUT2D eigenvalue weighted by atomic mass is 10.1. The average molecular weight is 408 g/mol. The van der Waals surface area contributed by atoms with Gasteiger partial charge < -0.3 is 10.1 Å². The third-order valence-corrected chi connectivity index (χ3v) is 5.46. The minimum atomic E-state index is -3.66. The monoisotopic (exact) mass is 408 g/mol. The van der Waals surface area contributed by atoms with Crippen LogP contribution in [0, 0.1) is 5.82 Å². The normalized spacial score (nSPS) is 12.3. The van der Waals surface area contributed by atoms with Crippen molar-refractivity contribution in [3.05, 3.63) is 59.9 Å². The Morgan fingerprint density at radius 3 is 2.39 bits per heavy atom. The molecule has 0 aromatic heterocycles. The second-order valence-electron chi connectivity index (χ2n) is 6.45.